The van der Waals surface area contributed by atoms with E-state index >= 15 is 0 Å². The van der Waals surface area contributed by atoms with Crippen LogP contribution in [0, 0.1) is 11.8 Å². The van der Waals surface area contributed by atoms with Crippen LogP contribution >= 0.6 is 0 Å². The molecule has 1 aliphatic rings. The van der Waals surface area contributed by atoms with Crippen LogP contribution < -0.4 is 0 Å². The van der Waals surface area contributed by atoms with E-state index in [1.807, 2.05) is 0 Å². The molecule has 0 bridgehead atoms. The molecule has 13 heavy (non-hydrogen) atoms. The van der Waals surface area contributed by atoms with Gasteiger partial charge < -0.3 is 5.11 Å². The lowest BCUT2D eigenvalue weighted by molar-refractivity contribution is -0.138. The molecule has 1 aliphatic carbocycles. The molecule has 3 heteroatoms. The van der Waals surface area contributed by atoms with Gasteiger partial charge in [-0.3, -0.25) is 9.69 Å². The molecule has 0 aliphatic heterocycles. The van der Waals surface area contributed by atoms with E-state index in [0.717, 1.165) is 19.0 Å². The maximum Gasteiger partial charge on any atom is 0.317 e. The molecule has 0 spiro atoms. The molecule has 1 rings (SSSR count). The molecule has 1 N–H and O–H groups in total. The lowest BCUT2D eigenvalue weighted by Crippen LogP contribution is -2.34. The number of carboxylic acids is 1. The van der Waals surface area contributed by atoms with Gasteiger partial charge in [-0.2, -0.15) is 0 Å². The number of aliphatic carboxylic acids is 1. The van der Waals surface area contributed by atoms with Crippen molar-refractivity contribution < 1.29 is 9.90 Å². The Labute approximate surface area is 79.7 Å². The number of hydrogen-bond acceptors (Lipinski definition) is 2. The minimum atomic E-state index is -0.707. The lowest BCUT2D eigenvalue weighted by atomic mass is 10.2. The topological polar surface area (TPSA) is 40.5 Å². The van der Waals surface area contributed by atoms with Crippen molar-refractivity contribution in [3.8, 4) is 0 Å². The van der Waals surface area contributed by atoms with Crippen LogP contribution in [0.15, 0.2) is 0 Å². The Morgan fingerprint density at radius 2 is 2.15 bits per heavy atom. The summed E-state index contributed by atoms with van der Waals surface area (Å²) in [6.45, 7) is 6.34. The van der Waals surface area contributed by atoms with Gasteiger partial charge in [-0.1, -0.05) is 13.8 Å². The highest BCUT2D eigenvalue weighted by molar-refractivity contribution is 5.69. The highest BCUT2D eigenvalue weighted by atomic mass is 16.4. The van der Waals surface area contributed by atoms with Gasteiger partial charge in [0.15, 0.2) is 0 Å². The zero-order valence-electron chi connectivity index (χ0n) is 8.49. The Kier molecular flexibility index (Phi) is 3.72. The van der Waals surface area contributed by atoms with Crippen LogP contribution in [-0.4, -0.2) is 35.6 Å². The molecule has 0 aromatic carbocycles. The van der Waals surface area contributed by atoms with Crippen molar-refractivity contribution in [1.29, 1.82) is 0 Å². The van der Waals surface area contributed by atoms with Crippen LogP contribution in [0.5, 0.6) is 0 Å². The Morgan fingerprint density at radius 3 is 2.54 bits per heavy atom. The van der Waals surface area contributed by atoms with Crippen LogP contribution in [0.4, 0.5) is 0 Å². The summed E-state index contributed by atoms with van der Waals surface area (Å²) in [7, 11) is 0. The summed E-state index contributed by atoms with van der Waals surface area (Å²) in [5, 5.41) is 8.69. The third-order valence-corrected chi connectivity index (χ3v) is 2.20. The van der Waals surface area contributed by atoms with Crippen LogP contribution in [0.2, 0.25) is 0 Å². The van der Waals surface area contributed by atoms with E-state index < -0.39 is 5.97 Å². The molecule has 0 aromatic heterocycles. The average Bonchev–Trinajstić information content (AvgIpc) is 2.67. The van der Waals surface area contributed by atoms with Gasteiger partial charge in [0.2, 0.25) is 0 Å². The minimum Gasteiger partial charge on any atom is -0.480 e. The van der Waals surface area contributed by atoms with E-state index in [4.69, 9.17) is 5.11 Å². The SMILES string of the molecule is CC(C)CN(CC(=O)O)CC1CC1. The van der Waals surface area contributed by atoms with Gasteiger partial charge in [-0.15, -0.1) is 0 Å². The molecule has 1 fully saturated rings. The first-order chi connectivity index (χ1) is 6.08. The fourth-order valence-corrected chi connectivity index (χ4v) is 1.58. The van der Waals surface area contributed by atoms with Gasteiger partial charge in [0.25, 0.3) is 0 Å². The first kappa shape index (κ1) is 10.5. The van der Waals surface area contributed by atoms with E-state index in [2.05, 4.69) is 18.7 Å². The molecule has 3 nitrogen and oxygen atoms in total. The smallest absolute Gasteiger partial charge is 0.317 e. The first-order valence-electron chi connectivity index (χ1n) is 5.02. The maximum absolute atomic E-state index is 10.6. The van der Waals surface area contributed by atoms with Crippen LogP contribution in [0.25, 0.3) is 0 Å². The monoisotopic (exact) mass is 185 g/mol. The zero-order valence-corrected chi connectivity index (χ0v) is 8.49. The van der Waals surface area contributed by atoms with E-state index in [1.165, 1.54) is 12.8 Å². The number of rotatable bonds is 6. The van der Waals surface area contributed by atoms with E-state index in [-0.39, 0.29) is 6.54 Å². The van der Waals surface area contributed by atoms with Crippen molar-refractivity contribution in [2.24, 2.45) is 11.8 Å². The second-order valence-corrected chi connectivity index (χ2v) is 4.43. The predicted octanol–water partition coefficient (Wildman–Crippen LogP) is 1.44. The van der Waals surface area contributed by atoms with Gasteiger partial charge in [-0.05, 0) is 24.7 Å². The van der Waals surface area contributed by atoms with E-state index in [9.17, 15) is 4.79 Å². The predicted molar refractivity (Wildman–Crippen MR) is 51.6 cm³/mol. The molecule has 1 saturated carbocycles. The van der Waals surface area contributed by atoms with E-state index in [0.29, 0.717) is 5.92 Å². The van der Waals surface area contributed by atoms with Crippen molar-refractivity contribution >= 4 is 5.97 Å². The Balaban J connectivity index is 2.27. The summed E-state index contributed by atoms with van der Waals surface area (Å²) in [5.74, 6) is 0.623. The molecule has 76 valence electrons. The fraction of sp³-hybridized carbons (Fsp3) is 0.900. The van der Waals surface area contributed by atoms with Crippen LogP contribution in [0.3, 0.4) is 0 Å². The summed E-state index contributed by atoms with van der Waals surface area (Å²) in [6, 6.07) is 0. The standard InChI is InChI=1S/C10H19NO2/c1-8(2)5-11(7-10(12)13)6-9-3-4-9/h8-9H,3-7H2,1-2H3,(H,12,13). The molecular formula is C10H19NO2. The summed E-state index contributed by atoms with van der Waals surface area (Å²) >= 11 is 0. The minimum absolute atomic E-state index is 0.203. The summed E-state index contributed by atoms with van der Waals surface area (Å²) < 4.78 is 0. The summed E-state index contributed by atoms with van der Waals surface area (Å²) in [6.07, 6.45) is 2.57. The molecule has 0 saturated heterocycles. The molecule has 0 amide bonds. The number of nitrogens with zero attached hydrogens (tertiary/aromatic N) is 1. The molecule has 0 unspecified atom stereocenters. The number of carbonyl (C=O) groups is 1. The van der Waals surface area contributed by atoms with Crippen LogP contribution in [0.1, 0.15) is 26.7 Å². The quantitative estimate of drug-likeness (QED) is 0.680. The van der Waals surface area contributed by atoms with Gasteiger partial charge in [0, 0.05) is 13.1 Å². The Bertz CT molecular complexity index is 172. The van der Waals surface area contributed by atoms with Gasteiger partial charge in [0.05, 0.1) is 6.54 Å². The molecule has 0 atom stereocenters. The average molecular weight is 185 g/mol. The van der Waals surface area contributed by atoms with Crippen molar-refractivity contribution in [2.75, 3.05) is 19.6 Å². The third-order valence-electron chi connectivity index (χ3n) is 2.20. The normalized spacial score (nSPS) is 16.9. The van der Waals surface area contributed by atoms with Crippen molar-refractivity contribution in [3.05, 3.63) is 0 Å². The second-order valence-electron chi connectivity index (χ2n) is 4.43. The van der Waals surface area contributed by atoms with Gasteiger partial charge in [0.1, 0.15) is 0 Å². The number of carboxylic acid groups (broad SMARTS) is 1. The molecule has 0 radical (unpaired) electrons. The van der Waals surface area contributed by atoms with Crippen LogP contribution in [-0.2, 0) is 4.79 Å². The van der Waals surface area contributed by atoms with Gasteiger partial charge in [-0.25, -0.2) is 0 Å². The first-order valence-corrected chi connectivity index (χ1v) is 5.02. The number of hydrogen-bond donors (Lipinski definition) is 1. The fourth-order valence-electron chi connectivity index (χ4n) is 1.58. The zero-order chi connectivity index (χ0) is 9.84. The Hall–Kier alpha value is -0.570. The lowest BCUT2D eigenvalue weighted by Gasteiger charge is -2.21. The van der Waals surface area contributed by atoms with Gasteiger partial charge >= 0.3 is 5.97 Å². The summed E-state index contributed by atoms with van der Waals surface area (Å²) in [5.41, 5.74) is 0. The maximum atomic E-state index is 10.6. The molecular weight excluding hydrogens is 166 g/mol. The largest absolute Gasteiger partial charge is 0.480 e. The second kappa shape index (κ2) is 4.61. The summed E-state index contributed by atoms with van der Waals surface area (Å²) in [4.78, 5) is 12.6. The Morgan fingerprint density at radius 1 is 1.54 bits per heavy atom. The highest BCUT2D eigenvalue weighted by Gasteiger charge is 2.25. The molecule has 0 aromatic rings. The van der Waals surface area contributed by atoms with Crippen molar-refractivity contribution in [3.63, 3.8) is 0 Å². The van der Waals surface area contributed by atoms with Crippen molar-refractivity contribution in [1.82, 2.24) is 4.90 Å². The highest BCUT2D eigenvalue weighted by Crippen LogP contribution is 2.29. The molecule has 0 heterocycles. The van der Waals surface area contributed by atoms with Crippen molar-refractivity contribution in [2.45, 2.75) is 26.7 Å². The third kappa shape index (κ3) is 4.88. The van der Waals surface area contributed by atoms with E-state index in [1.54, 1.807) is 0 Å².